The summed E-state index contributed by atoms with van der Waals surface area (Å²) in [5, 5.41) is 3.48. The lowest BCUT2D eigenvalue weighted by atomic mass is 10.4. The maximum Gasteiger partial charge on any atom is 0.357 e. The van der Waals surface area contributed by atoms with Gasteiger partial charge in [0.05, 0.1) is 7.11 Å². The SMILES string of the molecule is COC(=O)c1nc(-c2nccs2)sc1C. The van der Waals surface area contributed by atoms with Crippen LogP contribution in [-0.2, 0) is 4.74 Å². The molecule has 78 valence electrons. The number of aromatic nitrogens is 2. The number of nitrogens with zero attached hydrogens (tertiary/aromatic N) is 2. The van der Waals surface area contributed by atoms with Crippen LogP contribution < -0.4 is 0 Å². The van der Waals surface area contributed by atoms with Crippen LogP contribution in [0.15, 0.2) is 11.6 Å². The van der Waals surface area contributed by atoms with Gasteiger partial charge in [0.25, 0.3) is 0 Å². The van der Waals surface area contributed by atoms with Crippen LogP contribution in [0, 0.1) is 6.92 Å². The van der Waals surface area contributed by atoms with Crippen molar-refractivity contribution in [2.45, 2.75) is 6.92 Å². The molecule has 0 aliphatic carbocycles. The molecule has 0 amide bonds. The van der Waals surface area contributed by atoms with Crippen LogP contribution in [0.1, 0.15) is 15.4 Å². The fourth-order valence-corrected chi connectivity index (χ4v) is 2.68. The van der Waals surface area contributed by atoms with Crippen molar-refractivity contribution < 1.29 is 9.53 Å². The van der Waals surface area contributed by atoms with Crippen molar-refractivity contribution >= 4 is 28.6 Å². The third-order valence-corrected chi connectivity index (χ3v) is 3.68. The van der Waals surface area contributed by atoms with E-state index >= 15 is 0 Å². The molecular weight excluding hydrogens is 232 g/mol. The summed E-state index contributed by atoms with van der Waals surface area (Å²) in [4.78, 5) is 20.5. The third-order valence-electron chi connectivity index (χ3n) is 1.79. The Bertz CT molecular complexity index is 476. The molecule has 0 aliphatic rings. The number of thiazole rings is 2. The molecule has 0 atom stereocenters. The van der Waals surface area contributed by atoms with Gasteiger partial charge in [-0.1, -0.05) is 0 Å². The monoisotopic (exact) mass is 240 g/mol. The van der Waals surface area contributed by atoms with Crippen molar-refractivity contribution in [2.75, 3.05) is 7.11 Å². The average molecular weight is 240 g/mol. The minimum atomic E-state index is -0.397. The number of esters is 1. The molecule has 2 heterocycles. The molecule has 0 saturated heterocycles. The Hall–Kier alpha value is -1.27. The Kier molecular flexibility index (Phi) is 2.79. The lowest BCUT2D eigenvalue weighted by molar-refractivity contribution is 0.0594. The van der Waals surface area contributed by atoms with E-state index < -0.39 is 5.97 Å². The summed E-state index contributed by atoms with van der Waals surface area (Å²) in [7, 11) is 1.35. The first-order valence-electron chi connectivity index (χ1n) is 4.18. The fourth-order valence-electron chi connectivity index (χ4n) is 1.10. The molecule has 0 radical (unpaired) electrons. The molecular formula is C9H8N2O2S2. The predicted molar refractivity (Wildman–Crippen MR) is 59.3 cm³/mol. The second-order valence-corrected chi connectivity index (χ2v) is 4.85. The first kappa shape index (κ1) is 10.3. The lowest BCUT2D eigenvalue weighted by Gasteiger charge is -1.93. The van der Waals surface area contributed by atoms with Crippen LogP contribution in [0.5, 0.6) is 0 Å². The van der Waals surface area contributed by atoms with E-state index in [2.05, 4.69) is 14.7 Å². The summed E-state index contributed by atoms with van der Waals surface area (Å²) in [5.41, 5.74) is 0.382. The van der Waals surface area contributed by atoms with E-state index in [-0.39, 0.29) is 0 Å². The summed E-state index contributed by atoms with van der Waals surface area (Å²) in [6.07, 6.45) is 1.72. The van der Waals surface area contributed by atoms with Crippen molar-refractivity contribution in [3.05, 3.63) is 22.1 Å². The molecule has 2 aromatic heterocycles. The van der Waals surface area contributed by atoms with Gasteiger partial charge in [0.2, 0.25) is 0 Å². The molecule has 4 nitrogen and oxygen atoms in total. The molecule has 0 N–H and O–H groups in total. The molecule has 0 aromatic carbocycles. The molecule has 2 aromatic rings. The molecule has 2 rings (SSSR count). The van der Waals surface area contributed by atoms with Gasteiger partial charge in [0.1, 0.15) is 0 Å². The lowest BCUT2D eigenvalue weighted by Crippen LogP contribution is -2.03. The molecule has 6 heteroatoms. The van der Waals surface area contributed by atoms with Crippen LogP contribution in [0.2, 0.25) is 0 Å². The highest BCUT2D eigenvalue weighted by atomic mass is 32.1. The summed E-state index contributed by atoms with van der Waals surface area (Å²) < 4.78 is 4.64. The van der Waals surface area contributed by atoms with Gasteiger partial charge in [-0.25, -0.2) is 14.8 Å². The van der Waals surface area contributed by atoms with E-state index in [1.807, 2.05) is 12.3 Å². The zero-order valence-electron chi connectivity index (χ0n) is 8.18. The number of rotatable bonds is 2. The second-order valence-electron chi connectivity index (χ2n) is 2.75. The number of ether oxygens (including phenoxy) is 1. The minimum absolute atomic E-state index is 0.382. The Balaban J connectivity index is 2.41. The minimum Gasteiger partial charge on any atom is -0.464 e. The smallest absolute Gasteiger partial charge is 0.357 e. The number of carbonyl (C=O) groups is 1. The summed E-state index contributed by atoms with van der Waals surface area (Å²) in [5.74, 6) is -0.397. The Labute approximate surface area is 94.6 Å². The quantitative estimate of drug-likeness (QED) is 0.756. The van der Waals surface area contributed by atoms with Gasteiger partial charge in [0, 0.05) is 16.5 Å². The van der Waals surface area contributed by atoms with Gasteiger partial charge in [-0.3, -0.25) is 0 Å². The molecule has 0 spiro atoms. The largest absolute Gasteiger partial charge is 0.464 e. The van der Waals surface area contributed by atoms with E-state index in [0.29, 0.717) is 5.69 Å². The topological polar surface area (TPSA) is 52.1 Å². The first-order valence-corrected chi connectivity index (χ1v) is 5.87. The molecule has 0 fully saturated rings. The number of methoxy groups -OCH3 is 1. The molecule has 0 bridgehead atoms. The van der Waals surface area contributed by atoms with E-state index in [4.69, 9.17) is 0 Å². The van der Waals surface area contributed by atoms with Crippen LogP contribution in [-0.4, -0.2) is 23.0 Å². The van der Waals surface area contributed by atoms with E-state index in [0.717, 1.165) is 14.9 Å². The predicted octanol–water partition coefficient (Wildman–Crippen LogP) is 2.36. The van der Waals surface area contributed by atoms with Gasteiger partial charge in [-0.15, -0.1) is 22.7 Å². The summed E-state index contributed by atoms with van der Waals surface area (Å²) in [6.45, 7) is 1.85. The first-order chi connectivity index (χ1) is 7.22. The van der Waals surface area contributed by atoms with Crippen LogP contribution in [0.25, 0.3) is 10.0 Å². The zero-order chi connectivity index (χ0) is 10.8. The van der Waals surface area contributed by atoms with Gasteiger partial charge in [0.15, 0.2) is 15.7 Å². The van der Waals surface area contributed by atoms with Crippen molar-refractivity contribution in [3.8, 4) is 10.0 Å². The van der Waals surface area contributed by atoms with Crippen LogP contribution >= 0.6 is 22.7 Å². The number of aryl methyl sites for hydroxylation is 1. The maximum atomic E-state index is 11.3. The van der Waals surface area contributed by atoms with Gasteiger partial charge in [-0.2, -0.15) is 0 Å². The molecule has 0 aliphatic heterocycles. The van der Waals surface area contributed by atoms with E-state index in [9.17, 15) is 4.79 Å². The highest BCUT2D eigenvalue weighted by molar-refractivity contribution is 7.20. The molecule has 0 saturated carbocycles. The Morgan fingerprint density at radius 2 is 2.27 bits per heavy atom. The van der Waals surface area contributed by atoms with Crippen LogP contribution in [0.4, 0.5) is 0 Å². The van der Waals surface area contributed by atoms with Crippen molar-refractivity contribution in [3.63, 3.8) is 0 Å². The normalized spacial score (nSPS) is 10.3. The summed E-state index contributed by atoms with van der Waals surface area (Å²) in [6, 6.07) is 0. The Morgan fingerprint density at radius 3 is 2.87 bits per heavy atom. The molecule has 0 unspecified atom stereocenters. The highest BCUT2D eigenvalue weighted by Gasteiger charge is 2.17. The van der Waals surface area contributed by atoms with Crippen molar-refractivity contribution in [2.24, 2.45) is 0 Å². The Morgan fingerprint density at radius 1 is 1.47 bits per heavy atom. The average Bonchev–Trinajstić information content (AvgIpc) is 2.84. The van der Waals surface area contributed by atoms with Gasteiger partial charge >= 0.3 is 5.97 Å². The van der Waals surface area contributed by atoms with Crippen molar-refractivity contribution in [1.82, 2.24) is 9.97 Å². The van der Waals surface area contributed by atoms with Gasteiger partial charge in [-0.05, 0) is 6.92 Å². The third kappa shape index (κ3) is 1.91. The van der Waals surface area contributed by atoms with Crippen molar-refractivity contribution in [1.29, 1.82) is 0 Å². The summed E-state index contributed by atoms with van der Waals surface area (Å²) >= 11 is 2.95. The number of hydrogen-bond acceptors (Lipinski definition) is 6. The standard InChI is InChI=1S/C9H8N2O2S2/c1-5-6(9(12)13-2)11-8(15-5)7-10-3-4-14-7/h3-4H,1-2H3. The van der Waals surface area contributed by atoms with Crippen LogP contribution in [0.3, 0.4) is 0 Å². The molecule has 15 heavy (non-hydrogen) atoms. The van der Waals surface area contributed by atoms with E-state index in [1.54, 1.807) is 6.20 Å². The highest BCUT2D eigenvalue weighted by Crippen LogP contribution is 2.29. The zero-order valence-corrected chi connectivity index (χ0v) is 9.82. The van der Waals surface area contributed by atoms with E-state index in [1.165, 1.54) is 29.8 Å². The van der Waals surface area contributed by atoms with Gasteiger partial charge < -0.3 is 4.74 Å². The second kappa shape index (κ2) is 4.08. The number of carbonyl (C=O) groups excluding carboxylic acids is 1. The number of hydrogen-bond donors (Lipinski definition) is 0. The fraction of sp³-hybridized carbons (Fsp3) is 0.222. The maximum absolute atomic E-state index is 11.3.